The lowest BCUT2D eigenvalue weighted by Crippen LogP contribution is -2.34. The molecule has 0 unspecified atom stereocenters. The van der Waals surface area contributed by atoms with Crippen LogP contribution < -0.4 is 19.8 Å². The van der Waals surface area contributed by atoms with E-state index in [1.807, 2.05) is 0 Å². The van der Waals surface area contributed by atoms with Crippen LogP contribution in [0.15, 0.2) is 53.8 Å². The first-order chi connectivity index (χ1) is 14.0. The molecule has 3 rings (SSSR count). The van der Waals surface area contributed by atoms with E-state index >= 15 is 0 Å². The van der Waals surface area contributed by atoms with Gasteiger partial charge >= 0.3 is 0 Å². The molecule has 0 fully saturated rings. The molecule has 3 aromatic rings. The summed E-state index contributed by atoms with van der Waals surface area (Å²) in [6, 6.07) is 9.67. The van der Waals surface area contributed by atoms with E-state index in [0.717, 1.165) is 4.68 Å². The van der Waals surface area contributed by atoms with Gasteiger partial charge in [-0.25, -0.2) is 27.5 Å². The third-order valence-corrected chi connectivity index (χ3v) is 5.18. The SMILES string of the molecule is COc1ccc(OCCS(=O)(=O)NCCn2nc(-n3cncn3)ccc2=O)cc1. The van der Waals surface area contributed by atoms with Gasteiger partial charge in [0.15, 0.2) is 5.82 Å². The van der Waals surface area contributed by atoms with Crippen LogP contribution in [0.4, 0.5) is 0 Å². The van der Waals surface area contributed by atoms with Crippen molar-refractivity contribution in [3.63, 3.8) is 0 Å². The van der Waals surface area contributed by atoms with E-state index in [1.165, 1.54) is 29.5 Å². The number of hydrogen-bond donors (Lipinski definition) is 1. The maximum atomic E-state index is 12.1. The van der Waals surface area contributed by atoms with E-state index in [1.54, 1.807) is 31.4 Å². The summed E-state index contributed by atoms with van der Waals surface area (Å²) < 4.78 is 39.7. The maximum absolute atomic E-state index is 12.1. The van der Waals surface area contributed by atoms with Crippen molar-refractivity contribution < 1.29 is 17.9 Å². The highest BCUT2D eigenvalue weighted by molar-refractivity contribution is 7.89. The van der Waals surface area contributed by atoms with Gasteiger partial charge in [-0.1, -0.05) is 0 Å². The first kappa shape index (κ1) is 20.5. The Morgan fingerprint density at radius 2 is 1.86 bits per heavy atom. The Kier molecular flexibility index (Phi) is 6.57. The average molecular weight is 420 g/mol. The van der Waals surface area contributed by atoms with E-state index in [4.69, 9.17) is 9.47 Å². The summed E-state index contributed by atoms with van der Waals surface area (Å²) in [6.45, 7) is 0.0696. The van der Waals surface area contributed by atoms with E-state index in [2.05, 4.69) is 19.9 Å². The molecule has 2 aromatic heterocycles. The fourth-order valence-corrected chi connectivity index (χ4v) is 3.22. The Balaban J connectivity index is 1.49. The van der Waals surface area contributed by atoms with Crippen LogP contribution in [0.25, 0.3) is 5.82 Å². The standard InChI is InChI=1S/C17H20N6O5S/c1-27-14-2-4-15(5-3-14)28-10-11-29(25,26)20-8-9-22-17(24)7-6-16(21-22)23-13-18-12-19-23/h2-7,12-13,20H,8-11H2,1H3. The number of aromatic nitrogens is 5. The molecular weight excluding hydrogens is 400 g/mol. The van der Waals surface area contributed by atoms with Crippen LogP contribution in [0.3, 0.4) is 0 Å². The number of ether oxygens (including phenoxy) is 2. The highest BCUT2D eigenvalue weighted by atomic mass is 32.2. The van der Waals surface area contributed by atoms with Crippen molar-refractivity contribution in [1.29, 1.82) is 0 Å². The van der Waals surface area contributed by atoms with E-state index in [9.17, 15) is 13.2 Å². The van der Waals surface area contributed by atoms with Crippen LogP contribution >= 0.6 is 0 Å². The molecule has 0 aliphatic rings. The summed E-state index contributed by atoms with van der Waals surface area (Å²) in [5, 5.41) is 8.09. The van der Waals surface area contributed by atoms with Crippen molar-refractivity contribution in [1.82, 2.24) is 29.3 Å². The van der Waals surface area contributed by atoms with Crippen LogP contribution in [0.2, 0.25) is 0 Å². The number of rotatable bonds is 10. The first-order valence-corrected chi connectivity index (χ1v) is 10.3. The predicted octanol–water partition coefficient (Wildman–Crippen LogP) is -0.169. The topological polar surface area (TPSA) is 130 Å². The molecule has 0 radical (unpaired) electrons. The highest BCUT2D eigenvalue weighted by Gasteiger charge is 2.11. The number of hydrogen-bond acceptors (Lipinski definition) is 8. The molecule has 0 amide bonds. The third-order valence-electron chi connectivity index (χ3n) is 3.83. The van der Waals surface area contributed by atoms with Gasteiger partial charge in [-0.05, 0) is 30.3 Å². The molecule has 0 atom stereocenters. The van der Waals surface area contributed by atoms with Crippen molar-refractivity contribution in [2.75, 3.05) is 26.0 Å². The Labute approximate surface area is 167 Å². The molecule has 12 heteroatoms. The summed E-state index contributed by atoms with van der Waals surface area (Å²) >= 11 is 0. The van der Waals surface area contributed by atoms with Gasteiger partial charge in [-0.15, -0.1) is 5.10 Å². The van der Waals surface area contributed by atoms with Gasteiger partial charge in [0.05, 0.1) is 19.4 Å². The fourth-order valence-electron chi connectivity index (χ4n) is 2.37. The quantitative estimate of drug-likeness (QED) is 0.478. The minimum atomic E-state index is -3.57. The zero-order valence-corrected chi connectivity index (χ0v) is 16.4. The van der Waals surface area contributed by atoms with Crippen LogP contribution in [0.5, 0.6) is 11.5 Å². The molecular formula is C17H20N6O5S. The van der Waals surface area contributed by atoms with E-state index < -0.39 is 10.0 Å². The van der Waals surface area contributed by atoms with Crippen molar-refractivity contribution in [2.45, 2.75) is 6.54 Å². The zero-order valence-electron chi connectivity index (χ0n) is 15.6. The Hall–Kier alpha value is -3.25. The van der Waals surface area contributed by atoms with E-state index in [-0.39, 0.29) is 31.0 Å². The number of sulfonamides is 1. The summed E-state index contributed by atoms with van der Waals surface area (Å²) in [5.74, 6) is 1.41. The Morgan fingerprint density at radius 1 is 1.10 bits per heavy atom. The molecule has 0 bridgehead atoms. The summed E-state index contributed by atoms with van der Waals surface area (Å²) in [5.41, 5.74) is -0.351. The molecule has 1 N–H and O–H groups in total. The van der Waals surface area contributed by atoms with Crippen LogP contribution in [0, 0.1) is 0 Å². The van der Waals surface area contributed by atoms with Crippen LogP contribution in [-0.4, -0.2) is 59.0 Å². The van der Waals surface area contributed by atoms with Gasteiger partial charge in [-0.2, -0.15) is 5.10 Å². The first-order valence-electron chi connectivity index (χ1n) is 8.64. The average Bonchev–Trinajstić information content (AvgIpc) is 3.24. The fraction of sp³-hybridized carbons (Fsp3) is 0.294. The molecule has 0 saturated carbocycles. The van der Waals surface area contributed by atoms with Gasteiger partial charge in [0.25, 0.3) is 5.56 Å². The molecule has 1 aromatic carbocycles. The van der Waals surface area contributed by atoms with Crippen LogP contribution in [0.1, 0.15) is 0 Å². The lowest BCUT2D eigenvalue weighted by Gasteiger charge is -2.10. The molecule has 29 heavy (non-hydrogen) atoms. The number of benzene rings is 1. The van der Waals surface area contributed by atoms with Crippen LogP contribution in [-0.2, 0) is 16.6 Å². The minimum absolute atomic E-state index is 0.0123. The normalized spacial score (nSPS) is 11.3. The molecule has 0 aliphatic heterocycles. The van der Waals surface area contributed by atoms with Gasteiger partial charge in [0.2, 0.25) is 10.0 Å². The maximum Gasteiger partial charge on any atom is 0.266 e. The zero-order chi connectivity index (χ0) is 20.7. The van der Waals surface area contributed by atoms with Gasteiger partial charge in [0, 0.05) is 12.6 Å². The molecule has 0 aliphatic carbocycles. The summed E-state index contributed by atoms with van der Waals surface area (Å²) in [7, 11) is -2.01. The van der Waals surface area contributed by atoms with Crippen molar-refractivity contribution >= 4 is 10.0 Å². The monoisotopic (exact) mass is 420 g/mol. The molecule has 0 spiro atoms. The Bertz CT molecular complexity index is 1080. The van der Waals surface area contributed by atoms with Gasteiger partial charge in [0.1, 0.15) is 30.8 Å². The summed E-state index contributed by atoms with van der Waals surface area (Å²) in [6.07, 6.45) is 2.79. The van der Waals surface area contributed by atoms with Crippen molar-refractivity contribution in [3.05, 3.63) is 59.4 Å². The largest absolute Gasteiger partial charge is 0.497 e. The second-order valence-corrected chi connectivity index (χ2v) is 7.76. The lowest BCUT2D eigenvalue weighted by molar-refractivity contribution is 0.339. The number of methoxy groups -OCH3 is 1. The van der Waals surface area contributed by atoms with Gasteiger partial charge < -0.3 is 9.47 Å². The molecule has 154 valence electrons. The highest BCUT2D eigenvalue weighted by Crippen LogP contribution is 2.16. The minimum Gasteiger partial charge on any atom is -0.497 e. The van der Waals surface area contributed by atoms with Crippen molar-refractivity contribution in [2.24, 2.45) is 0 Å². The molecule has 2 heterocycles. The molecule has 0 saturated heterocycles. The van der Waals surface area contributed by atoms with Crippen molar-refractivity contribution in [3.8, 4) is 17.3 Å². The van der Waals surface area contributed by atoms with E-state index in [0.29, 0.717) is 17.3 Å². The smallest absolute Gasteiger partial charge is 0.266 e. The van der Waals surface area contributed by atoms with Gasteiger partial charge in [-0.3, -0.25) is 4.79 Å². The summed E-state index contributed by atoms with van der Waals surface area (Å²) in [4.78, 5) is 15.7. The lowest BCUT2D eigenvalue weighted by atomic mass is 10.3. The molecule has 11 nitrogen and oxygen atoms in total. The second-order valence-electron chi connectivity index (χ2n) is 5.83. The number of nitrogens with one attached hydrogen (secondary N) is 1. The predicted molar refractivity (Wildman–Crippen MR) is 104 cm³/mol. The number of nitrogens with zero attached hydrogens (tertiary/aromatic N) is 5. The Morgan fingerprint density at radius 3 is 2.55 bits per heavy atom. The third kappa shape index (κ3) is 5.86. The second kappa shape index (κ2) is 9.30.